The third kappa shape index (κ3) is 2.00. The molecule has 0 bridgehead atoms. The Bertz CT molecular complexity index is 155. The van der Waals surface area contributed by atoms with E-state index in [1.54, 1.807) is 35.0 Å². The highest BCUT2D eigenvalue weighted by Crippen LogP contribution is 2.19. The molecule has 0 saturated carbocycles. The first kappa shape index (κ1) is 12.8. The molecule has 0 amide bonds. The van der Waals surface area contributed by atoms with Crippen LogP contribution in [0, 0.1) is 0 Å². The van der Waals surface area contributed by atoms with Crippen molar-refractivity contribution in [3.8, 4) is 0 Å². The molecule has 0 aliphatic carbocycles. The van der Waals surface area contributed by atoms with Gasteiger partial charge in [-0.25, -0.2) is 0 Å². The van der Waals surface area contributed by atoms with Crippen LogP contribution in [0.15, 0.2) is 0 Å². The Kier molecular flexibility index (Phi) is 4.28. The van der Waals surface area contributed by atoms with Gasteiger partial charge in [-0.2, -0.15) is 0 Å². The van der Waals surface area contributed by atoms with Crippen LogP contribution in [0.25, 0.3) is 0 Å². The van der Waals surface area contributed by atoms with E-state index in [4.69, 9.17) is 0 Å². The summed E-state index contributed by atoms with van der Waals surface area (Å²) in [6.07, 6.45) is -0.745. The van der Waals surface area contributed by atoms with E-state index in [0.717, 1.165) is 0 Å². The summed E-state index contributed by atoms with van der Waals surface area (Å²) in [5.41, 5.74) is -2.22. The molecule has 2 unspecified atom stereocenters. The van der Waals surface area contributed by atoms with Gasteiger partial charge >= 0.3 is 0 Å². The van der Waals surface area contributed by atoms with Gasteiger partial charge in [0, 0.05) is 0 Å². The van der Waals surface area contributed by atoms with E-state index >= 15 is 0 Å². The summed E-state index contributed by atoms with van der Waals surface area (Å²) in [6.45, 7) is 3.20. The van der Waals surface area contributed by atoms with Crippen LogP contribution in [0.2, 0.25) is 0 Å². The molecule has 0 aromatic carbocycles. The van der Waals surface area contributed by atoms with Gasteiger partial charge < -0.3 is 10.2 Å². The molecule has 0 radical (unpaired) electrons. The third-order valence-corrected chi connectivity index (χ3v) is 2.67. The molecule has 2 atom stereocenters. The van der Waals surface area contributed by atoms with Crippen LogP contribution in [0.5, 0.6) is 0 Å². The Morgan fingerprint density at radius 3 is 1.54 bits per heavy atom. The van der Waals surface area contributed by atoms with Gasteiger partial charge in [0.15, 0.2) is 0 Å². The van der Waals surface area contributed by atoms with Crippen molar-refractivity contribution in [2.75, 3.05) is 21.1 Å². The number of nitrogens with one attached hydrogen (secondary N) is 3. The van der Waals surface area contributed by atoms with Gasteiger partial charge in [0.05, 0.1) is 6.10 Å². The minimum absolute atomic E-state index is 0.745. The lowest BCUT2D eigenvalue weighted by molar-refractivity contribution is -0.119. The fraction of sp³-hybridized carbons (Fsp3) is 1.00. The highest BCUT2D eigenvalue weighted by Gasteiger charge is 2.48. The second kappa shape index (κ2) is 4.34. The van der Waals surface area contributed by atoms with Crippen molar-refractivity contribution in [1.82, 2.24) is 16.0 Å². The maximum atomic E-state index is 10.0. The van der Waals surface area contributed by atoms with E-state index in [0.29, 0.717) is 0 Å². The molecule has 0 saturated heterocycles. The molecule has 5 nitrogen and oxygen atoms in total. The number of hydrogen-bond donors (Lipinski definition) is 5. The van der Waals surface area contributed by atoms with Crippen molar-refractivity contribution < 1.29 is 10.2 Å². The smallest absolute Gasteiger partial charge is 0.147 e. The van der Waals surface area contributed by atoms with Crippen LogP contribution in [0.4, 0.5) is 0 Å². The predicted octanol–water partition coefficient (Wildman–Crippen LogP) is -1.57. The maximum Gasteiger partial charge on any atom is 0.147 e. The lowest BCUT2D eigenvalue weighted by atomic mass is 9.92. The van der Waals surface area contributed by atoms with Crippen LogP contribution < -0.4 is 16.0 Å². The lowest BCUT2D eigenvalue weighted by Gasteiger charge is -2.46. The number of likely N-dealkylation sites (N-methyl/N-ethyl adjacent to an activating group) is 3. The van der Waals surface area contributed by atoms with Gasteiger partial charge in [-0.1, -0.05) is 0 Å². The number of aliphatic hydroxyl groups excluding tert-OH is 1. The molecule has 0 heterocycles. The SMILES string of the molecule is CNC(C)(O)C(NC)(NC)C(C)O. The molecule has 0 fully saturated rings. The van der Waals surface area contributed by atoms with E-state index in [1.165, 1.54) is 0 Å². The van der Waals surface area contributed by atoms with Gasteiger partial charge in [0.1, 0.15) is 11.4 Å². The van der Waals surface area contributed by atoms with E-state index in [9.17, 15) is 10.2 Å². The van der Waals surface area contributed by atoms with Crippen molar-refractivity contribution in [2.45, 2.75) is 31.3 Å². The number of hydrogen-bond acceptors (Lipinski definition) is 5. The minimum atomic E-state index is -1.25. The lowest BCUT2D eigenvalue weighted by Crippen LogP contribution is -2.77. The second-order valence-corrected chi connectivity index (χ2v) is 3.31. The topological polar surface area (TPSA) is 76.5 Å². The standard InChI is InChI=1S/C8H21N3O2/c1-6(12)8(10-4,11-5)7(2,13)9-3/h6,9-13H,1-5H3. The highest BCUT2D eigenvalue weighted by atomic mass is 16.3. The fourth-order valence-electron chi connectivity index (χ4n) is 1.63. The van der Waals surface area contributed by atoms with E-state index in [1.807, 2.05) is 0 Å². The van der Waals surface area contributed by atoms with Crippen molar-refractivity contribution in [3.63, 3.8) is 0 Å². The molecule has 0 aromatic rings. The van der Waals surface area contributed by atoms with E-state index < -0.39 is 17.5 Å². The fourth-order valence-corrected chi connectivity index (χ4v) is 1.63. The van der Waals surface area contributed by atoms with Crippen molar-refractivity contribution in [3.05, 3.63) is 0 Å². The first-order valence-corrected chi connectivity index (χ1v) is 4.35. The Hall–Kier alpha value is -0.200. The van der Waals surface area contributed by atoms with Crippen molar-refractivity contribution >= 4 is 0 Å². The zero-order chi connectivity index (χ0) is 10.7. The normalized spacial score (nSPS) is 19.6. The quantitative estimate of drug-likeness (QED) is 0.339. The van der Waals surface area contributed by atoms with Crippen LogP contribution in [-0.4, -0.2) is 48.8 Å². The molecule has 80 valence electrons. The average Bonchev–Trinajstić information content (AvgIpc) is 2.06. The minimum Gasteiger partial charge on any atom is -0.390 e. The zero-order valence-corrected chi connectivity index (χ0v) is 8.97. The van der Waals surface area contributed by atoms with Crippen LogP contribution in [0.1, 0.15) is 13.8 Å². The van der Waals surface area contributed by atoms with Crippen LogP contribution >= 0.6 is 0 Å². The summed E-state index contributed by atoms with van der Waals surface area (Å²) in [5, 5.41) is 28.1. The average molecular weight is 191 g/mol. The van der Waals surface area contributed by atoms with Gasteiger partial charge in [-0.3, -0.25) is 16.0 Å². The summed E-state index contributed by atoms with van der Waals surface area (Å²) in [6, 6.07) is 0. The summed E-state index contributed by atoms with van der Waals surface area (Å²) in [7, 11) is 4.98. The molecular formula is C8H21N3O2. The molecule has 0 rings (SSSR count). The first-order valence-electron chi connectivity index (χ1n) is 4.35. The monoisotopic (exact) mass is 191 g/mol. The Morgan fingerprint density at radius 1 is 1.08 bits per heavy atom. The second-order valence-electron chi connectivity index (χ2n) is 3.31. The largest absolute Gasteiger partial charge is 0.390 e. The van der Waals surface area contributed by atoms with Crippen LogP contribution in [-0.2, 0) is 0 Å². The van der Waals surface area contributed by atoms with Gasteiger partial charge in [0.2, 0.25) is 0 Å². The molecule has 5 N–H and O–H groups in total. The number of rotatable bonds is 5. The predicted molar refractivity (Wildman–Crippen MR) is 52.2 cm³/mol. The van der Waals surface area contributed by atoms with Gasteiger partial charge in [0.25, 0.3) is 0 Å². The summed E-state index contributed by atoms with van der Waals surface area (Å²) in [4.78, 5) is 0. The van der Waals surface area contributed by atoms with Crippen molar-refractivity contribution in [1.29, 1.82) is 0 Å². The highest BCUT2D eigenvalue weighted by molar-refractivity contribution is 5.01. The number of aliphatic hydroxyl groups is 2. The van der Waals surface area contributed by atoms with Crippen molar-refractivity contribution in [2.24, 2.45) is 0 Å². The van der Waals surface area contributed by atoms with E-state index in [-0.39, 0.29) is 0 Å². The molecule has 0 aliphatic rings. The Morgan fingerprint density at radius 2 is 1.46 bits per heavy atom. The zero-order valence-electron chi connectivity index (χ0n) is 8.97. The third-order valence-electron chi connectivity index (χ3n) is 2.67. The summed E-state index contributed by atoms with van der Waals surface area (Å²) < 4.78 is 0. The molecule has 0 aromatic heterocycles. The molecular weight excluding hydrogens is 170 g/mol. The molecule has 0 spiro atoms. The first-order chi connectivity index (χ1) is 5.88. The molecule has 13 heavy (non-hydrogen) atoms. The van der Waals surface area contributed by atoms with Gasteiger partial charge in [-0.05, 0) is 35.0 Å². The Labute approximate surface area is 79.5 Å². The summed E-state index contributed by atoms with van der Waals surface area (Å²) in [5.74, 6) is 0. The summed E-state index contributed by atoms with van der Waals surface area (Å²) >= 11 is 0. The van der Waals surface area contributed by atoms with E-state index in [2.05, 4.69) is 16.0 Å². The van der Waals surface area contributed by atoms with Crippen LogP contribution in [0.3, 0.4) is 0 Å². The maximum absolute atomic E-state index is 10.0. The Balaban J connectivity index is 4.97. The molecule has 0 aliphatic heterocycles. The van der Waals surface area contributed by atoms with Gasteiger partial charge in [-0.15, -0.1) is 0 Å². The molecule has 5 heteroatoms.